The van der Waals surface area contributed by atoms with Crippen molar-refractivity contribution in [2.75, 3.05) is 0 Å². The number of hydrogen-bond donors (Lipinski definition) is 2. The van der Waals surface area contributed by atoms with Crippen LogP contribution in [-0.2, 0) is 23.2 Å². The van der Waals surface area contributed by atoms with Crippen LogP contribution in [0.15, 0.2) is 21.2 Å². The highest BCUT2D eigenvalue weighted by atomic mass is 32.2. The van der Waals surface area contributed by atoms with E-state index in [0.29, 0.717) is 4.88 Å². The van der Waals surface area contributed by atoms with E-state index in [0.717, 1.165) is 23.3 Å². The zero-order valence-corrected chi connectivity index (χ0v) is 11.1. The molecule has 2 N–H and O–H groups in total. The molecule has 0 saturated carbocycles. The van der Waals surface area contributed by atoms with E-state index >= 15 is 0 Å². The molecule has 0 bridgehead atoms. The molecule has 0 radical (unpaired) electrons. The summed E-state index contributed by atoms with van der Waals surface area (Å²) in [6.45, 7) is 1.54. The summed E-state index contributed by atoms with van der Waals surface area (Å²) in [6.07, 6.45) is 1.13. The largest absolute Gasteiger partial charge is 0.391 e. The Morgan fingerprint density at radius 2 is 2.33 bits per heavy atom. The minimum atomic E-state index is -3.61. The third-order valence-electron chi connectivity index (χ3n) is 2.23. The Balaban J connectivity index is 2.14. The topological polar surface area (TPSA) is 105 Å². The Morgan fingerprint density at radius 3 is 2.89 bits per heavy atom. The number of nitrogens with one attached hydrogen (secondary N) is 1. The van der Waals surface area contributed by atoms with Gasteiger partial charge >= 0.3 is 0 Å². The summed E-state index contributed by atoms with van der Waals surface area (Å²) in [5.41, 5.74) is 0.752. The second-order valence-electron chi connectivity index (χ2n) is 3.50. The van der Waals surface area contributed by atoms with Crippen molar-refractivity contribution >= 4 is 21.4 Å². The normalized spacial score (nSPS) is 11.9. The summed E-state index contributed by atoms with van der Waals surface area (Å²) >= 11 is 1.04. The van der Waals surface area contributed by atoms with Crippen LogP contribution in [0.3, 0.4) is 0 Å². The number of rotatable bonds is 5. The van der Waals surface area contributed by atoms with Crippen LogP contribution in [0.4, 0.5) is 0 Å². The third-order valence-corrected chi connectivity index (χ3v) is 5.33. The average Bonchev–Trinajstić information content (AvgIpc) is 2.95. The average molecular weight is 289 g/mol. The van der Waals surface area contributed by atoms with E-state index in [-0.39, 0.29) is 23.2 Å². The van der Waals surface area contributed by atoms with E-state index in [9.17, 15) is 8.42 Å². The van der Waals surface area contributed by atoms with Crippen molar-refractivity contribution in [3.05, 3.63) is 28.7 Å². The van der Waals surface area contributed by atoms with Gasteiger partial charge in [-0.2, -0.15) is 4.98 Å². The highest BCUT2D eigenvalue weighted by Crippen LogP contribution is 2.25. The van der Waals surface area contributed by atoms with E-state index in [2.05, 4.69) is 19.4 Å². The van der Waals surface area contributed by atoms with Crippen LogP contribution in [0.2, 0.25) is 0 Å². The fourth-order valence-corrected chi connectivity index (χ4v) is 3.75. The predicted octanol–water partition coefficient (Wildman–Crippen LogP) is 0.410. The van der Waals surface area contributed by atoms with Crippen molar-refractivity contribution in [2.45, 2.75) is 24.3 Å². The highest BCUT2D eigenvalue weighted by molar-refractivity contribution is 7.91. The number of nitrogens with zero attached hydrogens (tertiary/aromatic N) is 2. The van der Waals surface area contributed by atoms with Crippen LogP contribution in [0.25, 0.3) is 0 Å². The lowest BCUT2D eigenvalue weighted by molar-refractivity contribution is 0.285. The molecule has 0 aliphatic carbocycles. The number of sulfonamides is 1. The van der Waals surface area contributed by atoms with Crippen LogP contribution < -0.4 is 4.72 Å². The Hall–Kier alpha value is -1.29. The first-order valence-corrected chi connectivity index (χ1v) is 7.28. The Bertz CT molecular complexity index is 618. The molecule has 2 heterocycles. The van der Waals surface area contributed by atoms with Gasteiger partial charge in [0.1, 0.15) is 4.21 Å². The molecule has 0 saturated heterocycles. The molecule has 2 rings (SSSR count). The van der Waals surface area contributed by atoms with Gasteiger partial charge in [0.15, 0.2) is 5.82 Å². The number of aliphatic hydroxyl groups is 1. The quantitative estimate of drug-likeness (QED) is 0.826. The number of aryl methyl sites for hydroxylation is 1. The second kappa shape index (κ2) is 5.14. The first-order valence-electron chi connectivity index (χ1n) is 4.98. The number of hydrogen-bond acceptors (Lipinski definition) is 7. The summed E-state index contributed by atoms with van der Waals surface area (Å²) in [5.74, 6) is 0.259. The summed E-state index contributed by atoms with van der Waals surface area (Å²) in [6, 6.07) is 1.52. The van der Waals surface area contributed by atoms with Crippen LogP contribution >= 0.6 is 11.3 Å². The van der Waals surface area contributed by atoms with Crippen LogP contribution in [0, 0.1) is 6.92 Å². The maximum atomic E-state index is 11.9. The molecule has 0 amide bonds. The SMILES string of the molecule is Cc1cc(S(=O)(=O)NCc2ncon2)sc1CO. The highest BCUT2D eigenvalue weighted by Gasteiger charge is 2.19. The van der Waals surface area contributed by atoms with Gasteiger partial charge in [-0.1, -0.05) is 5.16 Å². The second-order valence-corrected chi connectivity index (χ2v) is 6.63. The van der Waals surface area contributed by atoms with E-state index in [1.54, 1.807) is 6.92 Å². The minimum Gasteiger partial charge on any atom is -0.391 e. The Kier molecular flexibility index (Phi) is 3.76. The molecule has 9 heteroatoms. The standard InChI is InChI=1S/C9H11N3O4S2/c1-6-2-9(17-7(6)4-13)18(14,15)11-3-8-10-5-16-12-8/h2,5,11,13H,3-4H2,1H3. The van der Waals surface area contributed by atoms with Crippen molar-refractivity contribution in [3.8, 4) is 0 Å². The van der Waals surface area contributed by atoms with Gasteiger partial charge in [0.25, 0.3) is 0 Å². The lowest BCUT2D eigenvalue weighted by Crippen LogP contribution is -2.22. The van der Waals surface area contributed by atoms with Crippen molar-refractivity contribution in [1.82, 2.24) is 14.9 Å². The summed E-state index contributed by atoms with van der Waals surface area (Å²) in [7, 11) is -3.61. The molecule has 2 aromatic heterocycles. The van der Waals surface area contributed by atoms with Crippen LogP contribution in [-0.4, -0.2) is 23.7 Å². The fourth-order valence-electron chi connectivity index (χ4n) is 1.28. The monoisotopic (exact) mass is 289 g/mol. The maximum Gasteiger partial charge on any atom is 0.250 e. The third kappa shape index (κ3) is 2.75. The molecule has 0 fully saturated rings. The Labute approximate surface area is 108 Å². The molecule has 0 aliphatic heterocycles. The number of aromatic nitrogens is 2. The minimum absolute atomic E-state index is 0.0375. The first kappa shape index (κ1) is 13.1. The Morgan fingerprint density at radius 1 is 1.56 bits per heavy atom. The molecule has 0 unspecified atom stereocenters. The summed E-state index contributed by atoms with van der Waals surface area (Å²) in [4.78, 5) is 4.34. The molecular formula is C9H11N3O4S2. The lowest BCUT2D eigenvalue weighted by Gasteiger charge is -2.00. The van der Waals surface area contributed by atoms with Crippen molar-refractivity contribution in [2.24, 2.45) is 0 Å². The van der Waals surface area contributed by atoms with Gasteiger partial charge in [-0.3, -0.25) is 0 Å². The predicted molar refractivity (Wildman–Crippen MR) is 63.3 cm³/mol. The molecular weight excluding hydrogens is 278 g/mol. The molecule has 98 valence electrons. The molecule has 7 nitrogen and oxygen atoms in total. The molecule has 0 aromatic carbocycles. The molecule has 0 spiro atoms. The molecule has 18 heavy (non-hydrogen) atoms. The molecule has 2 aromatic rings. The van der Waals surface area contributed by atoms with Gasteiger partial charge in [-0.05, 0) is 18.6 Å². The summed E-state index contributed by atoms with van der Waals surface area (Å²) < 4.78 is 30.9. The first-order chi connectivity index (χ1) is 8.53. The van der Waals surface area contributed by atoms with Gasteiger partial charge in [-0.15, -0.1) is 11.3 Å². The van der Waals surface area contributed by atoms with Crippen LogP contribution in [0.1, 0.15) is 16.3 Å². The van der Waals surface area contributed by atoms with Gasteiger partial charge in [0.05, 0.1) is 13.2 Å². The summed E-state index contributed by atoms with van der Waals surface area (Å²) in [5, 5.41) is 12.5. The molecule has 0 aliphatic rings. The molecule has 0 atom stereocenters. The van der Waals surface area contributed by atoms with E-state index in [4.69, 9.17) is 5.11 Å². The van der Waals surface area contributed by atoms with Crippen molar-refractivity contribution < 1.29 is 18.0 Å². The van der Waals surface area contributed by atoms with Gasteiger partial charge in [-0.25, -0.2) is 13.1 Å². The van der Waals surface area contributed by atoms with Gasteiger partial charge in [0, 0.05) is 4.88 Å². The van der Waals surface area contributed by atoms with E-state index in [1.165, 1.54) is 6.07 Å². The zero-order chi connectivity index (χ0) is 13.2. The smallest absolute Gasteiger partial charge is 0.250 e. The van der Waals surface area contributed by atoms with Crippen LogP contribution in [0.5, 0.6) is 0 Å². The van der Waals surface area contributed by atoms with E-state index < -0.39 is 10.0 Å². The van der Waals surface area contributed by atoms with Crippen molar-refractivity contribution in [3.63, 3.8) is 0 Å². The maximum absolute atomic E-state index is 11.9. The van der Waals surface area contributed by atoms with Gasteiger partial charge in [0.2, 0.25) is 16.4 Å². The fraction of sp³-hybridized carbons (Fsp3) is 0.333. The zero-order valence-electron chi connectivity index (χ0n) is 9.45. The number of thiophene rings is 1. The van der Waals surface area contributed by atoms with E-state index in [1.807, 2.05) is 0 Å². The van der Waals surface area contributed by atoms with Crippen molar-refractivity contribution in [1.29, 1.82) is 0 Å². The number of aliphatic hydroxyl groups excluding tert-OH is 1. The van der Waals surface area contributed by atoms with Gasteiger partial charge < -0.3 is 9.63 Å². The lowest BCUT2D eigenvalue weighted by atomic mass is 10.3.